The van der Waals surface area contributed by atoms with E-state index in [4.69, 9.17) is 10.2 Å². The molecule has 0 bridgehead atoms. The first kappa shape index (κ1) is 8.16. The molecule has 9 heavy (non-hydrogen) atoms. The van der Waals surface area contributed by atoms with E-state index in [1.807, 2.05) is 0 Å². The van der Waals surface area contributed by atoms with Gasteiger partial charge >= 0.3 is 6.09 Å². The maximum absolute atomic E-state index is 11.5. The third-order valence-electron chi connectivity index (χ3n) is 0.734. The summed E-state index contributed by atoms with van der Waals surface area (Å²) in [5.41, 5.74) is 0. The number of carbonyl (C=O) groups is 1. The highest BCUT2D eigenvalue weighted by Crippen LogP contribution is 1.81. The van der Waals surface area contributed by atoms with Crippen LogP contribution in [0.1, 0.15) is 0 Å². The van der Waals surface area contributed by atoms with Crippen LogP contribution in [0.25, 0.3) is 0 Å². The zero-order chi connectivity index (χ0) is 7.28. The molecule has 4 nitrogen and oxygen atoms in total. The number of hydrogen-bond donors (Lipinski definition) is 3. The molecule has 0 fully saturated rings. The number of rotatable bonds is 3. The summed E-state index contributed by atoms with van der Waals surface area (Å²) in [7, 11) is 0. The van der Waals surface area contributed by atoms with Crippen LogP contribution in [-0.2, 0) is 0 Å². The molecule has 0 spiro atoms. The third kappa shape index (κ3) is 3.72. The van der Waals surface area contributed by atoms with Crippen LogP contribution in [0.3, 0.4) is 0 Å². The molecule has 0 aromatic rings. The summed E-state index contributed by atoms with van der Waals surface area (Å²) in [5, 5.41) is 17.9. The molecule has 5 heteroatoms. The van der Waals surface area contributed by atoms with Gasteiger partial charge in [-0.15, -0.1) is 0 Å². The SMILES string of the molecule is O=C(O)NC(CO)CF. The van der Waals surface area contributed by atoms with Crippen LogP contribution >= 0.6 is 0 Å². The number of aliphatic hydroxyl groups is 1. The van der Waals surface area contributed by atoms with Gasteiger partial charge in [-0.1, -0.05) is 0 Å². The lowest BCUT2D eigenvalue weighted by molar-refractivity contribution is 0.169. The van der Waals surface area contributed by atoms with Crippen molar-refractivity contribution in [3.8, 4) is 0 Å². The standard InChI is InChI=1S/C4H8FNO3/c5-1-3(2-7)6-4(8)9/h3,6-7H,1-2H2,(H,8,9). The minimum atomic E-state index is -1.33. The molecule has 0 rings (SSSR count). The number of amides is 1. The lowest BCUT2D eigenvalue weighted by Gasteiger charge is -2.07. The van der Waals surface area contributed by atoms with Gasteiger partial charge in [0.15, 0.2) is 0 Å². The number of alkyl halides is 1. The Morgan fingerprint density at radius 3 is 2.44 bits per heavy atom. The van der Waals surface area contributed by atoms with Crippen LogP contribution < -0.4 is 5.32 Å². The highest BCUT2D eigenvalue weighted by molar-refractivity contribution is 5.64. The van der Waals surface area contributed by atoms with Crippen molar-refractivity contribution in [1.82, 2.24) is 5.32 Å². The number of nitrogens with one attached hydrogen (secondary N) is 1. The van der Waals surface area contributed by atoms with E-state index in [-0.39, 0.29) is 0 Å². The fourth-order valence-corrected chi connectivity index (χ4v) is 0.308. The molecule has 1 amide bonds. The molecule has 0 radical (unpaired) electrons. The van der Waals surface area contributed by atoms with E-state index in [1.165, 1.54) is 0 Å². The fourth-order valence-electron chi connectivity index (χ4n) is 0.308. The van der Waals surface area contributed by atoms with Crippen LogP contribution in [0, 0.1) is 0 Å². The average molecular weight is 137 g/mol. The molecule has 0 saturated heterocycles. The van der Waals surface area contributed by atoms with E-state index in [1.54, 1.807) is 5.32 Å². The Hall–Kier alpha value is -0.840. The van der Waals surface area contributed by atoms with Crippen molar-refractivity contribution in [2.45, 2.75) is 6.04 Å². The number of carboxylic acid groups (broad SMARTS) is 1. The summed E-state index contributed by atoms with van der Waals surface area (Å²) < 4.78 is 11.5. The summed E-state index contributed by atoms with van der Waals surface area (Å²) in [6.07, 6.45) is -1.33. The van der Waals surface area contributed by atoms with Crippen molar-refractivity contribution in [2.24, 2.45) is 0 Å². The largest absolute Gasteiger partial charge is 0.465 e. The highest BCUT2D eigenvalue weighted by atomic mass is 19.1. The lowest BCUT2D eigenvalue weighted by Crippen LogP contribution is -2.37. The van der Waals surface area contributed by atoms with Gasteiger partial charge in [-0.3, -0.25) is 0 Å². The lowest BCUT2D eigenvalue weighted by atomic mass is 10.4. The van der Waals surface area contributed by atoms with Gasteiger partial charge in [0.1, 0.15) is 6.67 Å². The van der Waals surface area contributed by atoms with Crippen molar-refractivity contribution in [3.63, 3.8) is 0 Å². The average Bonchev–Trinajstić information content (AvgIpc) is 1.82. The van der Waals surface area contributed by atoms with Gasteiger partial charge in [0.05, 0.1) is 12.6 Å². The summed E-state index contributed by atoms with van der Waals surface area (Å²) in [4.78, 5) is 9.74. The molecular formula is C4H8FNO3. The topological polar surface area (TPSA) is 69.6 Å². The molecular weight excluding hydrogens is 129 g/mol. The van der Waals surface area contributed by atoms with E-state index in [2.05, 4.69) is 0 Å². The van der Waals surface area contributed by atoms with Gasteiger partial charge in [-0.25, -0.2) is 9.18 Å². The van der Waals surface area contributed by atoms with E-state index >= 15 is 0 Å². The van der Waals surface area contributed by atoms with Crippen LogP contribution in [0.4, 0.5) is 9.18 Å². The van der Waals surface area contributed by atoms with E-state index in [0.29, 0.717) is 0 Å². The number of aliphatic hydroxyl groups excluding tert-OH is 1. The number of halogens is 1. The van der Waals surface area contributed by atoms with Gasteiger partial charge in [-0.05, 0) is 0 Å². The van der Waals surface area contributed by atoms with Crippen LogP contribution in [0.5, 0.6) is 0 Å². The maximum Gasteiger partial charge on any atom is 0.405 e. The van der Waals surface area contributed by atoms with Crippen molar-refractivity contribution in [1.29, 1.82) is 0 Å². The predicted molar refractivity (Wildman–Crippen MR) is 28.0 cm³/mol. The van der Waals surface area contributed by atoms with Crippen LogP contribution in [0.2, 0.25) is 0 Å². The molecule has 1 atom stereocenters. The molecule has 54 valence electrons. The minimum absolute atomic E-state index is 0.511. The highest BCUT2D eigenvalue weighted by Gasteiger charge is 2.07. The van der Waals surface area contributed by atoms with Crippen LogP contribution in [0.15, 0.2) is 0 Å². The normalized spacial score (nSPS) is 12.7. The molecule has 3 N–H and O–H groups in total. The van der Waals surface area contributed by atoms with Crippen LogP contribution in [-0.4, -0.2) is 35.6 Å². The second-order valence-corrected chi connectivity index (χ2v) is 1.48. The van der Waals surface area contributed by atoms with Gasteiger partial charge in [0, 0.05) is 0 Å². The Kier molecular flexibility index (Phi) is 3.70. The zero-order valence-corrected chi connectivity index (χ0v) is 4.67. The third-order valence-corrected chi connectivity index (χ3v) is 0.734. The minimum Gasteiger partial charge on any atom is -0.465 e. The summed E-state index contributed by atoms with van der Waals surface area (Å²) >= 11 is 0. The van der Waals surface area contributed by atoms with Gasteiger partial charge in [0.2, 0.25) is 0 Å². The molecule has 0 aliphatic heterocycles. The van der Waals surface area contributed by atoms with E-state index in [9.17, 15) is 9.18 Å². The molecule has 0 aromatic heterocycles. The first-order valence-electron chi connectivity index (χ1n) is 2.37. The maximum atomic E-state index is 11.5. The van der Waals surface area contributed by atoms with Gasteiger partial charge in [0.25, 0.3) is 0 Å². The molecule has 0 aromatic carbocycles. The van der Waals surface area contributed by atoms with E-state index < -0.39 is 25.4 Å². The Balaban J connectivity index is 3.43. The molecule has 0 aliphatic rings. The molecule has 0 aliphatic carbocycles. The van der Waals surface area contributed by atoms with Crippen molar-refractivity contribution >= 4 is 6.09 Å². The number of hydrogen-bond acceptors (Lipinski definition) is 2. The molecule has 1 unspecified atom stereocenters. The monoisotopic (exact) mass is 137 g/mol. The second kappa shape index (κ2) is 4.08. The quantitative estimate of drug-likeness (QED) is 0.495. The molecule has 0 heterocycles. The fraction of sp³-hybridized carbons (Fsp3) is 0.750. The van der Waals surface area contributed by atoms with Crippen molar-refractivity contribution in [3.05, 3.63) is 0 Å². The van der Waals surface area contributed by atoms with E-state index in [0.717, 1.165) is 0 Å². The Morgan fingerprint density at radius 1 is 1.78 bits per heavy atom. The Labute approximate surface area is 51.3 Å². The summed E-state index contributed by atoms with van der Waals surface area (Å²) in [5.74, 6) is 0. The predicted octanol–water partition coefficient (Wildman–Crippen LogP) is -0.416. The van der Waals surface area contributed by atoms with Crippen molar-refractivity contribution < 1.29 is 19.4 Å². The first-order valence-corrected chi connectivity index (χ1v) is 2.37. The summed E-state index contributed by atoms with van der Waals surface area (Å²) in [6.45, 7) is -1.40. The van der Waals surface area contributed by atoms with Gasteiger partial charge < -0.3 is 15.5 Å². The van der Waals surface area contributed by atoms with Crippen molar-refractivity contribution in [2.75, 3.05) is 13.3 Å². The Bertz CT molecular complexity index is 93.8. The zero-order valence-electron chi connectivity index (χ0n) is 4.67. The van der Waals surface area contributed by atoms with Gasteiger partial charge in [-0.2, -0.15) is 0 Å². The second-order valence-electron chi connectivity index (χ2n) is 1.48. The molecule has 0 saturated carbocycles. The Morgan fingerprint density at radius 2 is 2.33 bits per heavy atom. The summed E-state index contributed by atoms with van der Waals surface area (Å²) in [6, 6.07) is -0.984. The smallest absolute Gasteiger partial charge is 0.405 e. The first-order chi connectivity index (χ1) is 4.20.